The molecule has 0 amide bonds. The Hall–Kier alpha value is -0.0800. The molecule has 2 N–H and O–H groups in total. The molecule has 0 atom stereocenters. The van der Waals surface area contributed by atoms with Gasteiger partial charge in [-0.1, -0.05) is 219 Å². The molecule has 0 unspecified atom stereocenters. The molecule has 0 fully saturated rings. The predicted molar refractivity (Wildman–Crippen MR) is 192 cm³/mol. The number of hydrogen-bond acceptors (Lipinski definition) is 2. The first kappa shape index (κ1) is 41.9. The van der Waals surface area contributed by atoms with Crippen LogP contribution in [0.2, 0.25) is 0 Å². The van der Waals surface area contributed by atoms with Gasteiger partial charge in [0.1, 0.15) is 0 Å². The molecule has 0 heterocycles. The zero-order chi connectivity index (χ0) is 30.3. The topological polar surface area (TPSA) is 32.3 Å². The molecular formula is C40H83NO. The summed E-state index contributed by atoms with van der Waals surface area (Å²) in [6.07, 6.45) is 51.4. The molecule has 0 bridgehead atoms. The van der Waals surface area contributed by atoms with Crippen LogP contribution in [0.1, 0.15) is 238 Å². The van der Waals surface area contributed by atoms with Crippen LogP contribution in [0, 0.1) is 0 Å². The van der Waals surface area contributed by atoms with Gasteiger partial charge in [-0.15, -0.1) is 0 Å². The average molecular weight is 594 g/mol. The molecule has 0 aromatic heterocycles. The Labute approximate surface area is 267 Å². The van der Waals surface area contributed by atoms with Crippen LogP contribution in [-0.2, 0) is 0 Å². The Bertz CT molecular complexity index is 399. The fraction of sp³-hybridized carbons (Fsp3) is 1.00. The van der Waals surface area contributed by atoms with Gasteiger partial charge in [-0.3, -0.25) is 0 Å². The van der Waals surface area contributed by atoms with Gasteiger partial charge in [0.05, 0.1) is 0 Å². The first-order valence-corrected chi connectivity index (χ1v) is 20.2. The minimum Gasteiger partial charge on any atom is -0.396 e. The summed E-state index contributed by atoms with van der Waals surface area (Å²) in [6.45, 7) is 5.16. The first-order valence-electron chi connectivity index (χ1n) is 20.2. The zero-order valence-corrected chi connectivity index (χ0v) is 29.5. The molecule has 2 nitrogen and oxygen atoms in total. The second kappa shape index (κ2) is 40.9. The third kappa shape index (κ3) is 39.9. The zero-order valence-electron chi connectivity index (χ0n) is 29.5. The van der Waals surface area contributed by atoms with E-state index in [1.54, 1.807) is 0 Å². The molecule has 42 heavy (non-hydrogen) atoms. The van der Waals surface area contributed by atoms with E-state index in [9.17, 15) is 0 Å². The van der Waals surface area contributed by atoms with Crippen molar-refractivity contribution in [2.24, 2.45) is 0 Å². The van der Waals surface area contributed by atoms with Gasteiger partial charge in [0, 0.05) is 6.61 Å². The van der Waals surface area contributed by atoms with Crippen molar-refractivity contribution in [2.75, 3.05) is 19.7 Å². The molecule has 2 heteroatoms. The summed E-state index contributed by atoms with van der Waals surface area (Å²) in [4.78, 5) is 0. The SMILES string of the molecule is CCCCCCCCCCCCCCCCCCNCCCCCCCCCCCCCCCCCCCCCCO. The molecule has 0 spiro atoms. The summed E-state index contributed by atoms with van der Waals surface area (Å²) in [5, 5.41) is 12.5. The highest BCUT2D eigenvalue weighted by Crippen LogP contribution is 2.16. The van der Waals surface area contributed by atoms with Crippen LogP contribution in [-0.4, -0.2) is 24.8 Å². The van der Waals surface area contributed by atoms with E-state index in [0.717, 1.165) is 6.42 Å². The van der Waals surface area contributed by atoms with E-state index in [-0.39, 0.29) is 0 Å². The molecule has 0 aliphatic heterocycles. The smallest absolute Gasteiger partial charge is 0.0431 e. The lowest BCUT2D eigenvalue weighted by Crippen LogP contribution is -2.16. The van der Waals surface area contributed by atoms with Crippen LogP contribution in [0.15, 0.2) is 0 Å². The van der Waals surface area contributed by atoms with Crippen molar-refractivity contribution in [1.29, 1.82) is 0 Å². The molecule has 0 aromatic carbocycles. The van der Waals surface area contributed by atoms with Crippen LogP contribution in [0.25, 0.3) is 0 Å². The highest BCUT2D eigenvalue weighted by Gasteiger charge is 1.97. The van der Waals surface area contributed by atoms with Crippen molar-refractivity contribution in [2.45, 2.75) is 238 Å². The summed E-state index contributed by atoms with van der Waals surface area (Å²) in [5.74, 6) is 0. The highest BCUT2D eigenvalue weighted by molar-refractivity contribution is 4.54. The Morgan fingerprint density at radius 1 is 0.262 bits per heavy atom. The minimum atomic E-state index is 0.373. The van der Waals surface area contributed by atoms with Crippen LogP contribution >= 0.6 is 0 Å². The first-order chi connectivity index (χ1) is 20.9. The Morgan fingerprint density at radius 2 is 0.452 bits per heavy atom. The lowest BCUT2D eigenvalue weighted by Gasteiger charge is -2.06. The molecule has 0 saturated heterocycles. The van der Waals surface area contributed by atoms with E-state index in [1.807, 2.05) is 0 Å². The summed E-state index contributed by atoms with van der Waals surface area (Å²) >= 11 is 0. The summed E-state index contributed by atoms with van der Waals surface area (Å²) < 4.78 is 0. The van der Waals surface area contributed by atoms with Crippen LogP contribution in [0.3, 0.4) is 0 Å². The number of aliphatic hydroxyl groups excluding tert-OH is 1. The number of aliphatic hydroxyl groups is 1. The summed E-state index contributed by atoms with van der Waals surface area (Å²) in [5.41, 5.74) is 0. The number of unbranched alkanes of at least 4 members (excludes halogenated alkanes) is 34. The maximum absolute atomic E-state index is 8.79. The van der Waals surface area contributed by atoms with Crippen molar-refractivity contribution in [3.8, 4) is 0 Å². The van der Waals surface area contributed by atoms with Crippen LogP contribution < -0.4 is 5.32 Å². The lowest BCUT2D eigenvalue weighted by molar-refractivity contribution is 0.282. The van der Waals surface area contributed by atoms with Crippen molar-refractivity contribution in [1.82, 2.24) is 5.32 Å². The van der Waals surface area contributed by atoms with Crippen molar-refractivity contribution in [3.05, 3.63) is 0 Å². The van der Waals surface area contributed by atoms with Gasteiger partial charge >= 0.3 is 0 Å². The third-order valence-electron chi connectivity index (χ3n) is 9.47. The molecule has 0 radical (unpaired) electrons. The Kier molecular flexibility index (Phi) is 40.8. The summed E-state index contributed by atoms with van der Waals surface area (Å²) in [7, 11) is 0. The third-order valence-corrected chi connectivity index (χ3v) is 9.47. The van der Waals surface area contributed by atoms with E-state index in [1.165, 1.54) is 238 Å². The molecular weight excluding hydrogens is 510 g/mol. The van der Waals surface area contributed by atoms with Gasteiger partial charge in [0.15, 0.2) is 0 Å². The van der Waals surface area contributed by atoms with Gasteiger partial charge in [-0.05, 0) is 32.4 Å². The van der Waals surface area contributed by atoms with E-state index in [0.29, 0.717) is 6.61 Å². The second-order valence-corrected chi connectivity index (χ2v) is 13.8. The van der Waals surface area contributed by atoms with Crippen molar-refractivity contribution < 1.29 is 5.11 Å². The fourth-order valence-electron chi connectivity index (χ4n) is 6.47. The standard InChI is InChI=1S/C40H83NO/c1-2-3-4-5-6-7-8-9-10-17-20-23-26-29-32-35-38-41-39-36-33-30-27-24-21-18-15-13-11-12-14-16-19-22-25-28-31-34-37-40-42/h41-42H,2-40H2,1H3. The van der Waals surface area contributed by atoms with E-state index >= 15 is 0 Å². The van der Waals surface area contributed by atoms with Crippen LogP contribution in [0.5, 0.6) is 0 Å². The maximum atomic E-state index is 8.79. The van der Waals surface area contributed by atoms with Crippen molar-refractivity contribution in [3.63, 3.8) is 0 Å². The van der Waals surface area contributed by atoms with Gasteiger partial charge in [0.2, 0.25) is 0 Å². The summed E-state index contributed by atoms with van der Waals surface area (Å²) in [6, 6.07) is 0. The molecule has 0 saturated carbocycles. The lowest BCUT2D eigenvalue weighted by atomic mass is 10.0. The molecule has 0 aliphatic carbocycles. The molecule has 0 rings (SSSR count). The Morgan fingerprint density at radius 3 is 0.667 bits per heavy atom. The van der Waals surface area contributed by atoms with Gasteiger partial charge in [0.25, 0.3) is 0 Å². The Balaban J connectivity index is 3.02. The van der Waals surface area contributed by atoms with Crippen LogP contribution in [0.4, 0.5) is 0 Å². The maximum Gasteiger partial charge on any atom is 0.0431 e. The van der Waals surface area contributed by atoms with E-state index in [4.69, 9.17) is 5.11 Å². The number of nitrogens with one attached hydrogen (secondary N) is 1. The number of rotatable bonds is 39. The monoisotopic (exact) mass is 594 g/mol. The average Bonchev–Trinajstić information content (AvgIpc) is 3.00. The number of hydrogen-bond donors (Lipinski definition) is 2. The fourth-order valence-corrected chi connectivity index (χ4v) is 6.47. The second-order valence-electron chi connectivity index (χ2n) is 13.8. The highest BCUT2D eigenvalue weighted by atomic mass is 16.2. The van der Waals surface area contributed by atoms with Gasteiger partial charge in [-0.2, -0.15) is 0 Å². The van der Waals surface area contributed by atoms with Crippen molar-refractivity contribution >= 4 is 0 Å². The normalized spacial score (nSPS) is 11.6. The molecule has 254 valence electrons. The van der Waals surface area contributed by atoms with Gasteiger partial charge in [-0.25, -0.2) is 0 Å². The largest absolute Gasteiger partial charge is 0.396 e. The van der Waals surface area contributed by atoms with E-state index < -0.39 is 0 Å². The predicted octanol–water partition coefficient (Wildman–Crippen LogP) is 13.6. The minimum absolute atomic E-state index is 0.373. The molecule has 0 aromatic rings. The quantitative estimate of drug-likeness (QED) is 0.0695. The van der Waals surface area contributed by atoms with Gasteiger partial charge < -0.3 is 10.4 Å². The van der Waals surface area contributed by atoms with E-state index in [2.05, 4.69) is 12.2 Å². The molecule has 0 aliphatic rings.